The molecule has 38 heavy (non-hydrogen) atoms. The first kappa shape index (κ1) is 25.5. The molecule has 9 nitrogen and oxygen atoms in total. The van der Waals surface area contributed by atoms with Crippen molar-refractivity contribution in [1.82, 2.24) is 10.2 Å². The van der Waals surface area contributed by atoms with E-state index in [1.165, 1.54) is 22.2 Å². The lowest BCUT2D eigenvalue weighted by Crippen LogP contribution is -2.41. The number of benzene rings is 2. The van der Waals surface area contributed by atoms with Crippen LogP contribution in [0.3, 0.4) is 0 Å². The predicted molar refractivity (Wildman–Crippen MR) is 147 cm³/mol. The zero-order chi connectivity index (χ0) is 26.5. The van der Waals surface area contributed by atoms with Gasteiger partial charge in [-0.2, -0.15) is 0 Å². The number of amides is 3. The third kappa shape index (κ3) is 5.70. The van der Waals surface area contributed by atoms with Gasteiger partial charge in [-0.1, -0.05) is 43.0 Å². The topological polar surface area (TPSA) is 116 Å². The molecule has 0 saturated carbocycles. The molecule has 0 radical (unpaired) electrons. The SMILES string of the molecule is CCc1ccc(NC(=O)CSC2=Nc3ccccc3C3=N[C@@H](CCC(=O)NCc4ccco4)C(=O)N23)cc1. The second-order valence-electron chi connectivity index (χ2n) is 8.84. The Morgan fingerprint density at radius 1 is 1.05 bits per heavy atom. The molecule has 1 atom stereocenters. The third-order valence-electron chi connectivity index (χ3n) is 6.21. The number of nitrogens with zero attached hydrogens (tertiary/aromatic N) is 3. The van der Waals surface area contributed by atoms with Crippen LogP contribution < -0.4 is 10.6 Å². The molecule has 1 aromatic heterocycles. The molecule has 3 amide bonds. The number of thioether (sulfide) groups is 1. The van der Waals surface area contributed by atoms with Crippen LogP contribution in [-0.2, 0) is 27.3 Å². The van der Waals surface area contributed by atoms with Crippen LogP contribution in [0.15, 0.2) is 81.3 Å². The second kappa shape index (κ2) is 11.5. The number of anilines is 1. The largest absolute Gasteiger partial charge is 0.467 e. The minimum atomic E-state index is -0.706. The normalized spacial score (nSPS) is 15.9. The molecule has 0 saturated heterocycles. The Bertz CT molecular complexity index is 1400. The number of fused-ring (bicyclic) bond motifs is 3. The number of carbonyl (C=O) groups excluding carboxylic acids is 3. The average molecular weight is 530 g/mol. The number of amidine groups is 2. The molecular formula is C28H27N5O4S. The van der Waals surface area contributed by atoms with Gasteiger partial charge in [0.2, 0.25) is 11.8 Å². The first-order valence-corrected chi connectivity index (χ1v) is 13.4. The van der Waals surface area contributed by atoms with Crippen molar-refractivity contribution >= 4 is 51.9 Å². The summed E-state index contributed by atoms with van der Waals surface area (Å²) in [4.78, 5) is 49.2. The van der Waals surface area contributed by atoms with E-state index in [9.17, 15) is 14.4 Å². The lowest BCUT2D eigenvalue weighted by molar-refractivity contribution is -0.125. The van der Waals surface area contributed by atoms with Crippen molar-refractivity contribution in [3.63, 3.8) is 0 Å². The van der Waals surface area contributed by atoms with Crippen LogP contribution in [-0.4, -0.2) is 45.4 Å². The molecule has 0 bridgehead atoms. The minimum absolute atomic E-state index is 0.0768. The molecule has 0 aliphatic carbocycles. The Kier molecular flexibility index (Phi) is 7.69. The van der Waals surface area contributed by atoms with Crippen molar-refractivity contribution in [3.8, 4) is 0 Å². The molecule has 2 N–H and O–H groups in total. The van der Waals surface area contributed by atoms with E-state index in [-0.39, 0.29) is 42.9 Å². The Morgan fingerprint density at radius 2 is 1.87 bits per heavy atom. The van der Waals surface area contributed by atoms with Gasteiger partial charge in [0.25, 0.3) is 5.91 Å². The van der Waals surface area contributed by atoms with E-state index in [4.69, 9.17) is 4.42 Å². The number of aryl methyl sites for hydroxylation is 1. The molecule has 3 aromatic rings. The molecule has 2 aliphatic rings. The van der Waals surface area contributed by atoms with Gasteiger partial charge >= 0.3 is 0 Å². The fourth-order valence-electron chi connectivity index (χ4n) is 4.19. The smallest absolute Gasteiger partial charge is 0.259 e. The molecule has 5 rings (SSSR count). The zero-order valence-electron chi connectivity index (χ0n) is 20.8. The summed E-state index contributed by atoms with van der Waals surface area (Å²) in [5.74, 6) is 0.592. The van der Waals surface area contributed by atoms with Crippen molar-refractivity contribution < 1.29 is 18.8 Å². The fourth-order valence-corrected chi connectivity index (χ4v) is 4.99. The van der Waals surface area contributed by atoms with Gasteiger partial charge in [0.05, 0.1) is 24.2 Å². The number of hydrogen-bond acceptors (Lipinski definition) is 7. The molecule has 10 heteroatoms. The number of para-hydroxylation sites is 1. The molecule has 2 aliphatic heterocycles. The van der Waals surface area contributed by atoms with Gasteiger partial charge in [-0.25, -0.2) is 9.89 Å². The van der Waals surface area contributed by atoms with Crippen LogP contribution in [0.5, 0.6) is 0 Å². The van der Waals surface area contributed by atoms with Crippen LogP contribution in [0.4, 0.5) is 11.4 Å². The molecule has 0 unspecified atom stereocenters. The van der Waals surface area contributed by atoms with Crippen LogP contribution in [0, 0.1) is 0 Å². The molecule has 0 spiro atoms. The number of aliphatic imine (C=N–C) groups is 2. The zero-order valence-corrected chi connectivity index (χ0v) is 21.7. The van der Waals surface area contributed by atoms with Crippen LogP contribution in [0.2, 0.25) is 0 Å². The lowest BCUT2D eigenvalue weighted by atomic mass is 10.1. The summed E-state index contributed by atoms with van der Waals surface area (Å²) < 4.78 is 5.23. The number of nitrogens with one attached hydrogen (secondary N) is 2. The van der Waals surface area contributed by atoms with E-state index in [2.05, 4.69) is 27.5 Å². The van der Waals surface area contributed by atoms with Crippen molar-refractivity contribution in [2.45, 2.75) is 38.8 Å². The summed E-state index contributed by atoms with van der Waals surface area (Å²) in [6.45, 7) is 2.36. The summed E-state index contributed by atoms with van der Waals surface area (Å²) in [7, 11) is 0. The third-order valence-corrected chi connectivity index (χ3v) is 7.15. The lowest BCUT2D eigenvalue weighted by Gasteiger charge is -2.25. The first-order chi connectivity index (χ1) is 18.5. The van der Waals surface area contributed by atoms with Crippen LogP contribution in [0.25, 0.3) is 0 Å². The van der Waals surface area contributed by atoms with Crippen LogP contribution in [0.1, 0.15) is 36.7 Å². The van der Waals surface area contributed by atoms with E-state index in [0.29, 0.717) is 28.1 Å². The highest BCUT2D eigenvalue weighted by Gasteiger charge is 2.41. The van der Waals surface area contributed by atoms with Crippen molar-refractivity contribution in [3.05, 3.63) is 83.8 Å². The average Bonchev–Trinajstić information content (AvgIpc) is 3.58. The van der Waals surface area contributed by atoms with E-state index in [1.807, 2.05) is 48.5 Å². The van der Waals surface area contributed by atoms with Crippen molar-refractivity contribution in [1.29, 1.82) is 0 Å². The number of rotatable bonds is 9. The minimum Gasteiger partial charge on any atom is -0.467 e. The van der Waals surface area contributed by atoms with E-state index in [0.717, 1.165) is 12.0 Å². The molecule has 194 valence electrons. The number of carbonyl (C=O) groups is 3. The number of furan rings is 1. The van der Waals surface area contributed by atoms with Gasteiger partial charge in [0.15, 0.2) is 5.17 Å². The Morgan fingerprint density at radius 3 is 2.63 bits per heavy atom. The van der Waals surface area contributed by atoms with Gasteiger partial charge in [0.1, 0.15) is 17.6 Å². The Hall–Kier alpha value is -4.18. The maximum Gasteiger partial charge on any atom is 0.259 e. The molecule has 0 fully saturated rings. The first-order valence-electron chi connectivity index (χ1n) is 12.4. The Balaban J connectivity index is 1.24. The molecule has 2 aromatic carbocycles. The van der Waals surface area contributed by atoms with Gasteiger partial charge in [-0.15, -0.1) is 0 Å². The van der Waals surface area contributed by atoms with Gasteiger partial charge in [-0.3, -0.25) is 19.4 Å². The summed E-state index contributed by atoms with van der Waals surface area (Å²) in [5.41, 5.74) is 3.34. The standard InChI is InChI=1S/C28H27N5O4S/c1-2-18-9-11-19(12-10-18)30-25(35)17-38-28-32-22-8-4-3-7-21(22)26-31-23(27(36)33(26)28)13-14-24(34)29-16-20-6-5-15-37-20/h3-12,15,23H,2,13-14,16-17H2,1H3,(H,29,34)(H,30,35)/t23-/m0/s1. The summed E-state index contributed by atoms with van der Waals surface area (Å²) in [6.07, 6.45) is 2.88. The molecular weight excluding hydrogens is 502 g/mol. The summed E-state index contributed by atoms with van der Waals surface area (Å²) in [5, 5.41) is 6.08. The number of hydrogen-bond donors (Lipinski definition) is 2. The second-order valence-corrected chi connectivity index (χ2v) is 9.78. The highest BCUT2D eigenvalue weighted by Crippen LogP contribution is 2.34. The quantitative estimate of drug-likeness (QED) is 0.430. The maximum atomic E-state index is 13.4. The summed E-state index contributed by atoms with van der Waals surface area (Å²) >= 11 is 1.18. The highest BCUT2D eigenvalue weighted by atomic mass is 32.2. The monoisotopic (exact) mass is 529 g/mol. The fraction of sp³-hybridized carbons (Fsp3) is 0.250. The van der Waals surface area contributed by atoms with E-state index >= 15 is 0 Å². The van der Waals surface area contributed by atoms with E-state index in [1.54, 1.807) is 18.4 Å². The van der Waals surface area contributed by atoms with Gasteiger partial charge in [-0.05, 0) is 54.8 Å². The van der Waals surface area contributed by atoms with Gasteiger partial charge < -0.3 is 15.1 Å². The van der Waals surface area contributed by atoms with Crippen molar-refractivity contribution in [2.75, 3.05) is 11.1 Å². The van der Waals surface area contributed by atoms with Gasteiger partial charge in [0, 0.05) is 17.7 Å². The predicted octanol–water partition coefficient (Wildman–Crippen LogP) is 4.27. The maximum absolute atomic E-state index is 13.4. The van der Waals surface area contributed by atoms with Crippen LogP contribution >= 0.6 is 11.8 Å². The van der Waals surface area contributed by atoms with E-state index < -0.39 is 6.04 Å². The Labute approximate surface area is 224 Å². The van der Waals surface area contributed by atoms with Crippen molar-refractivity contribution in [2.24, 2.45) is 9.98 Å². The summed E-state index contributed by atoms with van der Waals surface area (Å²) in [6, 6.07) is 18.0. The molecule has 3 heterocycles. The highest BCUT2D eigenvalue weighted by molar-refractivity contribution is 8.14.